The highest BCUT2D eigenvalue weighted by atomic mass is 19.1. The summed E-state index contributed by atoms with van der Waals surface area (Å²) < 4.78 is 25.3. The Morgan fingerprint density at radius 1 is 0.796 bits per heavy atom. The summed E-state index contributed by atoms with van der Waals surface area (Å²) in [5, 5.41) is 18.2. The number of anilines is 1. The Hall–Kier alpha value is -6.30. The number of carboxylic acid groups (broad SMARTS) is 1. The molecule has 0 spiro atoms. The van der Waals surface area contributed by atoms with Crippen molar-refractivity contribution >= 4 is 23.6 Å². The van der Waals surface area contributed by atoms with Crippen LogP contribution in [0.1, 0.15) is 48.0 Å². The Morgan fingerprint density at radius 2 is 1.56 bits per heavy atom. The van der Waals surface area contributed by atoms with Gasteiger partial charge in [0.05, 0.1) is 24.5 Å². The summed E-state index contributed by atoms with van der Waals surface area (Å²) >= 11 is 0. The molecule has 0 aliphatic rings. The lowest BCUT2D eigenvalue weighted by molar-refractivity contribution is -0.141. The largest absolute Gasteiger partial charge is 0.494 e. The van der Waals surface area contributed by atoms with E-state index in [2.05, 4.69) is 25.9 Å². The molecule has 1 unspecified atom stereocenters. The van der Waals surface area contributed by atoms with Crippen LogP contribution in [-0.2, 0) is 16.0 Å². The number of ether oxygens (including phenoxy) is 2. The molecule has 2 heterocycles. The molecule has 3 aromatic carbocycles. The Balaban J connectivity index is 1.00. The number of amides is 2. The normalized spacial score (nSPS) is 11.3. The van der Waals surface area contributed by atoms with Crippen LogP contribution in [0.25, 0.3) is 22.4 Å². The van der Waals surface area contributed by atoms with E-state index >= 15 is 0 Å². The summed E-state index contributed by atoms with van der Waals surface area (Å²) in [6, 6.07) is 29.2. The first kappa shape index (κ1) is 38.9. The van der Waals surface area contributed by atoms with Gasteiger partial charge in [-0.1, -0.05) is 42.5 Å². The van der Waals surface area contributed by atoms with E-state index in [9.17, 15) is 23.9 Å². The molecule has 0 saturated carbocycles. The van der Waals surface area contributed by atoms with Crippen molar-refractivity contribution in [2.45, 2.75) is 44.6 Å². The van der Waals surface area contributed by atoms with Crippen LogP contribution in [0.2, 0.25) is 0 Å². The van der Waals surface area contributed by atoms with E-state index < -0.39 is 12.0 Å². The van der Waals surface area contributed by atoms with Crippen molar-refractivity contribution in [3.8, 4) is 34.0 Å². The highest BCUT2D eigenvalue weighted by Crippen LogP contribution is 2.29. The number of carboxylic acids is 1. The molecule has 1 atom stereocenters. The number of unbranched alkanes of at least 4 members (excludes halogenated alkanes) is 2. The van der Waals surface area contributed by atoms with Gasteiger partial charge in [0, 0.05) is 44.3 Å². The van der Waals surface area contributed by atoms with Crippen LogP contribution >= 0.6 is 0 Å². The quantitative estimate of drug-likeness (QED) is 0.0624. The molecule has 12 heteroatoms. The van der Waals surface area contributed by atoms with Crippen molar-refractivity contribution in [3.63, 3.8) is 0 Å². The molecule has 0 radical (unpaired) electrons. The van der Waals surface area contributed by atoms with Gasteiger partial charge in [-0.05, 0) is 97.0 Å². The van der Waals surface area contributed by atoms with Crippen molar-refractivity contribution < 1.29 is 33.4 Å². The van der Waals surface area contributed by atoms with Crippen LogP contribution in [0.15, 0.2) is 109 Å². The molecular formula is C42H44FN5O6. The number of aliphatic carboxylic acids is 1. The zero-order valence-electron chi connectivity index (χ0n) is 30.1. The first-order chi connectivity index (χ1) is 26.3. The zero-order valence-corrected chi connectivity index (χ0v) is 30.1. The molecule has 5 rings (SSSR count). The number of nitrogens with one attached hydrogen (secondary N) is 3. The van der Waals surface area contributed by atoms with E-state index in [1.807, 2.05) is 42.5 Å². The lowest BCUT2D eigenvalue weighted by Crippen LogP contribution is -2.42. The van der Waals surface area contributed by atoms with Crippen LogP contribution < -0.4 is 25.4 Å². The predicted octanol–water partition coefficient (Wildman–Crippen LogP) is 6.94. The average Bonchev–Trinajstić information content (AvgIpc) is 3.19. The number of carbonyl (C=O) groups excluding carboxylic acids is 2. The molecule has 5 aromatic rings. The Labute approximate surface area is 314 Å². The maximum atomic E-state index is 13.5. The first-order valence-electron chi connectivity index (χ1n) is 17.9. The number of halogens is 1. The highest BCUT2D eigenvalue weighted by molar-refractivity contribution is 5.94. The van der Waals surface area contributed by atoms with Crippen molar-refractivity contribution in [2.75, 3.05) is 32.1 Å². The fraction of sp³-hybridized carbons (Fsp3) is 0.262. The zero-order chi connectivity index (χ0) is 38.1. The molecule has 54 heavy (non-hydrogen) atoms. The van der Waals surface area contributed by atoms with E-state index in [0.717, 1.165) is 22.3 Å². The maximum Gasteiger partial charge on any atom is 0.326 e. The molecular weight excluding hydrogens is 689 g/mol. The number of hydrogen-bond donors (Lipinski definition) is 4. The highest BCUT2D eigenvalue weighted by Gasteiger charge is 2.20. The van der Waals surface area contributed by atoms with E-state index in [1.54, 1.807) is 55.6 Å². The molecule has 4 N–H and O–H groups in total. The SMILES string of the molecule is CNc1ccc(C(=O)NCCCOc2ccc(CC(NC(=O)CCCCCOc3cc(-c4ccccc4)cc(-c4ccc(F)cc4)n3)C(=O)O)cc2)cn1. The number of hydrogen-bond acceptors (Lipinski definition) is 8. The summed E-state index contributed by atoms with van der Waals surface area (Å²) in [4.78, 5) is 45.6. The molecule has 0 bridgehead atoms. The smallest absolute Gasteiger partial charge is 0.326 e. The standard InChI is InChI=1S/C42H44FN5O6/c1-44-38-21-16-32(28-46-38)41(50)45-22-8-24-53-35-19-12-29(13-20-35)25-37(42(51)52)47-39(49)11-6-3-7-23-54-40-27-33(30-9-4-2-5-10-30)26-36(48-40)31-14-17-34(43)18-15-31/h2,4-5,9-10,12-21,26-28,37H,3,6-8,11,22-25H2,1H3,(H,44,46)(H,45,50)(H,47,49)(H,51,52). The minimum absolute atomic E-state index is 0.125. The summed E-state index contributed by atoms with van der Waals surface area (Å²) in [6.07, 6.45) is 4.35. The third kappa shape index (κ3) is 12.1. The topological polar surface area (TPSA) is 152 Å². The first-order valence-corrected chi connectivity index (χ1v) is 17.9. The van der Waals surface area contributed by atoms with Crippen LogP contribution in [0, 0.1) is 5.82 Å². The number of rotatable bonds is 20. The Morgan fingerprint density at radius 3 is 2.26 bits per heavy atom. The van der Waals surface area contributed by atoms with Gasteiger partial charge in [-0.25, -0.2) is 19.2 Å². The minimum Gasteiger partial charge on any atom is -0.494 e. The van der Waals surface area contributed by atoms with Gasteiger partial charge < -0.3 is 30.5 Å². The van der Waals surface area contributed by atoms with Gasteiger partial charge in [-0.2, -0.15) is 0 Å². The number of nitrogens with zero attached hydrogens (tertiary/aromatic N) is 2. The fourth-order valence-corrected chi connectivity index (χ4v) is 5.55. The van der Waals surface area contributed by atoms with E-state index in [1.165, 1.54) is 18.3 Å². The van der Waals surface area contributed by atoms with Gasteiger partial charge in [0.1, 0.15) is 23.4 Å². The van der Waals surface area contributed by atoms with Gasteiger partial charge in [0.25, 0.3) is 5.91 Å². The second-order valence-corrected chi connectivity index (χ2v) is 12.6. The van der Waals surface area contributed by atoms with Gasteiger partial charge in [0.2, 0.25) is 11.8 Å². The molecule has 0 aliphatic carbocycles. The fourth-order valence-electron chi connectivity index (χ4n) is 5.55. The van der Waals surface area contributed by atoms with E-state index in [0.29, 0.717) is 74.1 Å². The monoisotopic (exact) mass is 733 g/mol. The third-order valence-electron chi connectivity index (χ3n) is 8.50. The molecule has 2 aromatic heterocycles. The lowest BCUT2D eigenvalue weighted by Gasteiger charge is -2.15. The van der Waals surface area contributed by atoms with Gasteiger partial charge in [0.15, 0.2) is 0 Å². The lowest BCUT2D eigenvalue weighted by atomic mass is 10.0. The molecule has 0 saturated heterocycles. The predicted molar refractivity (Wildman–Crippen MR) is 205 cm³/mol. The van der Waals surface area contributed by atoms with E-state index in [4.69, 9.17) is 9.47 Å². The van der Waals surface area contributed by atoms with E-state index in [-0.39, 0.29) is 30.5 Å². The number of benzene rings is 3. The van der Waals surface area contributed by atoms with Gasteiger partial charge in [-0.3, -0.25) is 9.59 Å². The van der Waals surface area contributed by atoms with Crippen molar-refractivity contribution in [3.05, 3.63) is 126 Å². The number of pyridine rings is 2. The van der Waals surface area contributed by atoms with Crippen LogP contribution in [0.5, 0.6) is 11.6 Å². The summed E-state index contributed by atoms with van der Waals surface area (Å²) in [5.74, 6) is -0.230. The number of carbonyl (C=O) groups is 3. The molecule has 0 fully saturated rings. The van der Waals surface area contributed by atoms with Crippen molar-refractivity contribution in [2.24, 2.45) is 0 Å². The maximum absolute atomic E-state index is 13.5. The van der Waals surface area contributed by atoms with Crippen LogP contribution in [-0.4, -0.2) is 65.7 Å². The Kier molecular flexibility index (Phi) is 14.5. The second kappa shape index (κ2) is 20.1. The molecule has 280 valence electrons. The average molecular weight is 734 g/mol. The van der Waals surface area contributed by atoms with Crippen LogP contribution in [0.3, 0.4) is 0 Å². The van der Waals surface area contributed by atoms with Gasteiger partial charge in [-0.15, -0.1) is 0 Å². The summed E-state index contributed by atoms with van der Waals surface area (Å²) in [5.41, 5.74) is 4.58. The minimum atomic E-state index is -1.11. The third-order valence-corrected chi connectivity index (χ3v) is 8.50. The van der Waals surface area contributed by atoms with Crippen molar-refractivity contribution in [1.82, 2.24) is 20.6 Å². The molecule has 0 aliphatic heterocycles. The Bertz CT molecular complexity index is 1960. The second-order valence-electron chi connectivity index (χ2n) is 12.6. The van der Waals surface area contributed by atoms with Crippen molar-refractivity contribution in [1.29, 1.82) is 0 Å². The molecule has 11 nitrogen and oxygen atoms in total. The number of aromatic nitrogens is 2. The summed E-state index contributed by atoms with van der Waals surface area (Å²) in [7, 11) is 1.76. The summed E-state index contributed by atoms with van der Waals surface area (Å²) in [6.45, 7) is 1.20. The van der Waals surface area contributed by atoms with Crippen LogP contribution in [0.4, 0.5) is 10.2 Å². The molecule has 2 amide bonds. The van der Waals surface area contributed by atoms with Gasteiger partial charge >= 0.3 is 5.97 Å².